The molecule has 2 N–H and O–H groups in total. The Balaban J connectivity index is 2.13. The number of carbonyl (C=O) groups is 1. The van der Waals surface area contributed by atoms with Crippen molar-refractivity contribution in [3.05, 3.63) is 22.8 Å². The Morgan fingerprint density at radius 1 is 1.57 bits per heavy atom. The lowest BCUT2D eigenvalue weighted by molar-refractivity contribution is 0.0727. The molecule has 0 aromatic carbocycles. The maximum atomic E-state index is 12.4. The van der Waals surface area contributed by atoms with E-state index in [0.29, 0.717) is 23.1 Å². The highest BCUT2D eigenvalue weighted by atomic mass is 35.5. The number of nitrogens with one attached hydrogen (secondary N) is 2. The standard InChI is InChI=1S/C15H22ClN3O2/c1-4-6-17-13-9-11(8-12(16)18-13)14(20)19-15(3)5-7-21-10(15)2/h8-10H,4-7H2,1-3H3,(H,17,18)(H,19,20). The molecule has 1 aromatic rings. The summed E-state index contributed by atoms with van der Waals surface area (Å²) in [5.74, 6) is 0.467. The van der Waals surface area contributed by atoms with Crippen LogP contribution in [0.15, 0.2) is 12.1 Å². The minimum atomic E-state index is -0.343. The van der Waals surface area contributed by atoms with Crippen LogP contribution in [-0.4, -0.2) is 35.7 Å². The van der Waals surface area contributed by atoms with Crippen LogP contribution in [0.1, 0.15) is 44.0 Å². The molecule has 0 saturated carbocycles. The first-order chi connectivity index (χ1) is 9.94. The number of amides is 1. The number of halogens is 1. The molecule has 1 amide bonds. The number of anilines is 1. The van der Waals surface area contributed by atoms with Gasteiger partial charge in [-0.2, -0.15) is 0 Å². The van der Waals surface area contributed by atoms with Gasteiger partial charge in [-0.1, -0.05) is 18.5 Å². The topological polar surface area (TPSA) is 63.2 Å². The van der Waals surface area contributed by atoms with Gasteiger partial charge in [0.25, 0.3) is 5.91 Å². The van der Waals surface area contributed by atoms with Crippen LogP contribution in [0.4, 0.5) is 5.82 Å². The van der Waals surface area contributed by atoms with Crippen molar-refractivity contribution in [3.63, 3.8) is 0 Å². The number of pyridine rings is 1. The van der Waals surface area contributed by atoms with Crippen LogP contribution in [0.2, 0.25) is 5.15 Å². The fourth-order valence-corrected chi connectivity index (χ4v) is 2.51. The Bertz CT molecular complexity index is 524. The van der Waals surface area contributed by atoms with Crippen molar-refractivity contribution in [2.75, 3.05) is 18.5 Å². The van der Waals surface area contributed by atoms with Gasteiger partial charge in [0.1, 0.15) is 11.0 Å². The van der Waals surface area contributed by atoms with Gasteiger partial charge >= 0.3 is 0 Å². The van der Waals surface area contributed by atoms with E-state index in [0.717, 1.165) is 19.4 Å². The Labute approximate surface area is 130 Å². The van der Waals surface area contributed by atoms with Crippen LogP contribution >= 0.6 is 11.6 Å². The molecule has 2 heterocycles. The first-order valence-electron chi connectivity index (χ1n) is 7.30. The van der Waals surface area contributed by atoms with E-state index in [9.17, 15) is 4.79 Å². The average Bonchev–Trinajstić information content (AvgIpc) is 2.75. The summed E-state index contributed by atoms with van der Waals surface area (Å²) in [6.45, 7) is 7.49. The van der Waals surface area contributed by atoms with Crippen LogP contribution < -0.4 is 10.6 Å². The van der Waals surface area contributed by atoms with Crippen molar-refractivity contribution in [2.45, 2.75) is 45.3 Å². The molecule has 1 aromatic heterocycles. The highest BCUT2D eigenvalue weighted by Crippen LogP contribution is 2.26. The third kappa shape index (κ3) is 3.86. The summed E-state index contributed by atoms with van der Waals surface area (Å²) < 4.78 is 5.54. The molecule has 21 heavy (non-hydrogen) atoms. The molecule has 2 unspecified atom stereocenters. The first-order valence-corrected chi connectivity index (χ1v) is 7.68. The number of carbonyl (C=O) groups excluding carboxylic acids is 1. The Kier molecular flexibility index (Phi) is 5.06. The van der Waals surface area contributed by atoms with Gasteiger partial charge in [-0.05, 0) is 38.8 Å². The van der Waals surface area contributed by atoms with Crippen LogP contribution in [0.3, 0.4) is 0 Å². The van der Waals surface area contributed by atoms with Crippen molar-refractivity contribution in [3.8, 4) is 0 Å². The molecule has 1 saturated heterocycles. The number of hydrogen-bond donors (Lipinski definition) is 2. The second kappa shape index (κ2) is 6.62. The Hall–Kier alpha value is -1.33. The fourth-order valence-electron chi connectivity index (χ4n) is 2.30. The highest BCUT2D eigenvalue weighted by molar-refractivity contribution is 6.29. The maximum absolute atomic E-state index is 12.4. The summed E-state index contributed by atoms with van der Waals surface area (Å²) in [5.41, 5.74) is 0.165. The molecule has 0 bridgehead atoms. The molecule has 5 nitrogen and oxygen atoms in total. The van der Waals surface area contributed by atoms with Gasteiger partial charge in [0, 0.05) is 18.7 Å². The van der Waals surface area contributed by atoms with Crippen molar-refractivity contribution in [1.29, 1.82) is 0 Å². The third-order valence-corrected chi connectivity index (χ3v) is 4.09. The minimum absolute atomic E-state index is 0.00329. The quantitative estimate of drug-likeness (QED) is 0.821. The van der Waals surface area contributed by atoms with E-state index in [1.54, 1.807) is 12.1 Å². The van der Waals surface area contributed by atoms with E-state index in [-0.39, 0.29) is 17.6 Å². The summed E-state index contributed by atoms with van der Waals surface area (Å²) in [6, 6.07) is 3.30. The molecule has 6 heteroatoms. The van der Waals surface area contributed by atoms with Crippen LogP contribution in [0.25, 0.3) is 0 Å². The van der Waals surface area contributed by atoms with Crippen LogP contribution in [0.5, 0.6) is 0 Å². The van der Waals surface area contributed by atoms with E-state index in [1.807, 2.05) is 13.8 Å². The second-order valence-electron chi connectivity index (χ2n) is 5.63. The van der Waals surface area contributed by atoms with Gasteiger partial charge < -0.3 is 15.4 Å². The second-order valence-corrected chi connectivity index (χ2v) is 6.01. The summed E-state index contributed by atoms with van der Waals surface area (Å²) >= 11 is 6.00. The van der Waals surface area contributed by atoms with Crippen molar-refractivity contribution in [2.24, 2.45) is 0 Å². The monoisotopic (exact) mass is 311 g/mol. The van der Waals surface area contributed by atoms with E-state index in [4.69, 9.17) is 16.3 Å². The lowest BCUT2D eigenvalue weighted by Gasteiger charge is -2.29. The largest absolute Gasteiger partial charge is 0.376 e. The molecule has 0 aliphatic carbocycles. The molecular formula is C15H22ClN3O2. The Morgan fingerprint density at radius 3 is 2.95 bits per heavy atom. The smallest absolute Gasteiger partial charge is 0.252 e. The molecule has 1 aliphatic rings. The van der Waals surface area contributed by atoms with E-state index < -0.39 is 0 Å². The van der Waals surface area contributed by atoms with Crippen molar-refractivity contribution < 1.29 is 9.53 Å². The first kappa shape index (κ1) is 16.0. The third-order valence-electron chi connectivity index (χ3n) is 3.90. The molecule has 0 radical (unpaired) electrons. The number of ether oxygens (including phenoxy) is 1. The zero-order valence-electron chi connectivity index (χ0n) is 12.7. The van der Waals surface area contributed by atoms with Gasteiger partial charge in [-0.3, -0.25) is 4.79 Å². The van der Waals surface area contributed by atoms with E-state index >= 15 is 0 Å². The number of rotatable bonds is 5. The van der Waals surface area contributed by atoms with Gasteiger partial charge in [0.2, 0.25) is 0 Å². The van der Waals surface area contributed by atoms with Gasteiger partial charge in [0.05, 0.1) is 11.6 Å². The predicted molar refractivity (Wildman–Crippen MR) is 83.9 cm³/mol. The minimum Gasteiger partial charge on any atom is -0.376 e. The average molecular weight is 312 g/mol. The van der Waals surface area contributed by atoms with Gasteiger partial charge in [-0.25, -0.2) is 4.98 Å². The fraction of sp³-hybridized carbons (Fsp3) is 0.600. The summed E-state index contributed by atoms with van der Waals surface area (Å²) in [4.78, 5) is 16.6. The number of hydrogen-bond acceptors (Lipinski definition) is 4. The lowest BCUT2D eigenvalue weighted by atomic mass is 9.94. The summed E-state index contributed by atoms with van der Waals surface area (Å²) in [6.07, 6.45) is 1.78. The maximum Gasteiger partial charge on any atom is 0.252 e. The van der Waals surface area contributed by atoms with E-state index in [1.165, 1.54) is 0 Å². The lowest BCUT2D eigenvalue weighted by Crippen LogP contribution is -2.50. The van der Waals surface area contributed by atoms with Crippen molar-refractivity contribution in [1.82, 2.24) is 10.3 Å². The molecule has 2 rings (SSSR count). The normalized spacial score (nSPS) is 24.9. The van der Waals surface area contributed by atoms with E-state index in [2.05, 4.69) is 22.5 Å². The van der Waals surface area contributed by atoms with Crippen molar-refractivity contribution >= 4 is 23.3 Å². The highest BCUT2D eigenvalue weighted by Gasteiger charge is 2.38. The number of aromatic nitrogens is 1. The zero-order chi connectivity index (χ0) is 15.5. The summed E-state index contributed by atoms with van der Waals surface area (Å²) in [5, 5.41) is 6.50. The Morgan fingerprint density at radius 2 is 2.33 bits per heavy atom. The molecule has 1 aliphatic heterocycles. The molecular weight excluding hydrogens is 290 g/mol. The number of nitrogens with zero attached hydrogens (tertiary/aromatic N) is 1. The van der Waals surface area contributed by atoms with Gasteiger partial charge in [0.15, 0.2) is 0 Å². The molecule has 116 valence electrons. The SMILES string of the molecule is CCCNc1cc(C(=O)NC2(C)CCOC2C)cc(Cl)n1. The van der Waals surface area contributed by atoms with Crippen LogP contribution in [0, 0.1) is 0 Å². The molecule has 0 spiro atoms. The summed E-state index contributed by atoms with van der Waals surface area (Å²) in [7, 11) is 0. The van der Waals surface area contributed by atoms with Crippen LogP contribution in [-0.2, 0) is 4.74 Å². The van der Waals surface area contributed by atoms with Gasteiger partial charge in [-0.15, -0.1) is 0 Å². The molecule has 1 fully saturated rings. The molecule has 2 atom stereocenters. The predicted octanol–water partition coefficient (Wildman–Crippen LogP) is 2.85. The zero-order valence-corrected chi connectivity index (χ0v) is 13.5.